The van der Waals surface area contributed by atoms with E-state index in [9.17, 15) is 9.59 Å². The molecule has 1 aliphatic heterocycles. The van der Waals surface area contributed by atoms with Crippen LogP contribution in [0.25, 0.3) is 0 Å². The minimum Gasteiger partial charge on any atom is -0.497 e. The van der Waals surface area contributed by atoms with Gasteiger partial charge in [-0.05, 0) is 17.7 Å². The predicted octanol–water partition coefficient (Wildman–Crippen LogP) is 0.0909. The molecular formula is C14H19N3O4. The first-order valence-corrected chi connectivity index (χ1v) is 6.70. The summed E-state index contributed by atoms with van der Waals surface area (Å²) in [4.78, 5) is 25.2. The lowest BCUT2D eigenvalue weighted by atomic mass is 10.1. The molecule has 1 atom stereocenters. The summed E-state index contributed by atoms with van der Waals surface area (Å²) in [5.41, 5.74) is 6.22. The lowest BCUT2D eigenvalue weighted by molar-refractivity contribution is -0.124. The summed E-state index contributed by atoms with van der Waals surface area (Å²) in [7, 11) is 1.58. The molecule has 0 saturated carbocycles. The number of hydrogen-bond acceptors (Lipinski definition) is 5. The van der Waals surface area contributed by atoms with Crippen LogP contribution < -0.4 is 15.8 Å². The van der Waals surface area contributed by atoms with Crippen LogP contribution in [0.3, 0.4) is 0 Å². The Bertz CT molecular complexity index is 521. The van der Waals surface area contributed by atoms with Crippen molar-refractivity contribution >= 4 is 12.0 Å². The van der Waals surface area contributed by atoms with Gasteiger partial charge in [0, 0.05) is 13.1 Å². The molecule has 1 aliphatic rings. The number of carbonyl (C=O) groups excluding carboxylic acids is 2. The topological polar surface area (TPSA) is 93.9 Å². The van der Waals surface area contributed by atoms with E-state index in [2.05, 4.69) is 5.32 Å². The number of benzene rings is 1. The molecule has 7 heteroatoms. The average Bonchev–Trinajstić information content (AvgIpc) is 2.86. The molecule has 21 heavy (non-hydrogen) atoms. The molecule has 1 fully saturated rings. The van der Waals surface area contributed by atoms with Crippen LogP contribution in [0, 0.1) is 0 Å². The average molecular weight is 293 g/mol. The highest BCUT2D eigenvalue weighted by Crippen LogP contribution is 2.19. The quantitative estimate of drug-likeness (QED) is 0.775. The van der Waals surface area contributed by atoms with Gasteiger partial charge in [0.25, 0.3) is 0 Å². The molecule has 1 heterocycles. The molecule has 0 spiro atoms. The number of methoxy groups -OCH3 is 1. The second kappa shape index (κ2) is 6.94. The van der Waals surface area contributed by atoms with E-state index in [4.69, 9.17) is 15.2 Å². The summed E-state index contributed by atoms with van der Waals surface area (Å²) in [5.74, 6) is 0.443. The maximum Gasteiger partial charge on any atom is 0.410 e. The molecule has 1 aromatic carbocycles. The normalized spacial score (nSPS) is 17.5. The number of amides is 2. The molecule has 2 amide bonds. The third-order valence-electron chi connectivity index (χ3n) is 3.21. The molecule has 0 radical (unpaired) electrons. The zero-order chi connectivity index (χ0) is 15.2. The zero-order valence-electron chi connectivity index (χ0n) is 11.9. The van der Waals surface area contributed by atoms with Crippen LogP contribution in [0.5, 0.6) is 5.75 Å². The van der Waals surface area contributed by atoms with E-state index in [-0.39, 0.29) is 19.1 Å². The number of nitrogens with zero attached hydrogens (tertiary/aromatic N) is 1. The van der Waals surface area contributed by atoms with Crippen LogP contribution >= 0.6 is 0 Å². The number of carbonyl (C=O) groups is 2. The Labute approximate surface area is 123 Å². The summed E-state index contributed by atoms with van der Waals surface area (Å²) >= 11 is 0. The van der Waals surface area contributed by atoms with Crippen LogP contribution in [-0.2, 0) is 16.1 Å². The second-order valence-corrected chi connectivity index (χ2v) is 4.65. The van der Waals surface area contributed by atoms with Gasteiger partial charge in [-0.3, -0.25) is 9.69 Å². The number of nitrogens with one attached hydrogen (secondary N) is 1. The van der Waals surface area contributed by atoms with Gasteiger partial charge in [0.2, 0.25) is 5.91 Å². The molecule has 0 aromatic heterocycles. The maximum absolute atomic E-state index is 12.0. The van der Waals surface area contributed by atoms with Crippen molar-refractivity contribution in [1.82, 2.24) is 10.2 Å². The molecule has 0 unspecified atom stereocenters. The minimum atomic E-state index is -0.629. The van der Waals surface area contributed by atoms with Gasteiger partial charge in [-0.1, -0.05) is 12.1 Å². The molecule has 1 saturated heterocycles. The van der Waals surface area contributed by atoms with Crippen molar-refractivity contribution in [1.29, 1.82) is 0 Å². The molecule has 7 nitrogen and oxygen atoms in total. The Balaban J connectivity index is 2.07. The second-order valence-electron chi connectivity index (χ2n) is 4.65. The van der Waals surface area contributed by atoms with Gasteiger partial charge in [0.15, 0.2) is 0 Å². The molecule has 114 valence electrons. The Morgan fingerprint density at radius 1 is 1.57 bits per heavy atom. The molecule has 3 N–H and O–H groups in total. The van der Waals surface area contributed by atoms with E-state index in [1.807, 2.05) is 24.3 Å². The third kappa shape index (κ3) is 3.63. The number of cyclic esters (lactones) is 1. The summed E-state index contributed by atoms with van der Waals surface area (Å²) in [6.45, 7) is 1.07. The lowest BCUT2D eigenvalue weighted by Crippen LogP contribution is -2.46. The van der Waals surface area contributed by atoms with Gasteiger partial charge in [0.05, 0.1) is 13.7 Å². The van der Waals surface area contributed by atoms with Gasteiger partial charge >= 0.3 is 6.09 Å². The van der Waals surface area contributed by atoms with E-state index in [1.54, 1.807) is 7.11 Å². The molecule has 2 rings (SSSR count). The van der Waals surface area contributed by atoms with Gasteiger partial charge in [-0.25, -0.2) is 4.79 Å². The fourth-order valence-electron chi connectivity index (χ4n) is 2.12. The van der Waals surface area contributed by atoms with Crippen LogP contribution in [0.15, 0.2) is 24.3 Å². The van der Waals surface area contributed by atoms with E-state index in [0.29, 0.717) is 18.8 Å². The van der Waals surface area contributed by atoms with E-state index < -0.39 is 12.1 Å². The summed E-state index contributed by atoms with van der Waals surface area (Å²) in [5, 5.41) is 2.67. The fraction of sp³-hybridized carbons (Fsp3) is 0.429. The highest BCUT2D eigenvalue weighted by Gasteiger charge is 2.37. The summed E-state index contributed by atoms with van der Waals surface area (Å²) < 4.78 is 10.1. The third-order valence-corrected chi connectivity index (χ3v) is 3.21. The van der Waals surface area contributed by atoms with Crippen LogP contribution in [0.2, 0.25) is 0 Å². The van der Waals surface area contributed by atoms with Crippen molar-refractivity contribution in [3.63, 3.8) is 0 Å². The summed E-state index contributed by atoms with van der Waals surface area (Å²) in [6.07, 6.45) is -0.495. The number of nitrogens with two attached hydrogens (primary N) is 1. The highest BCUT2D eigenvalue weighted by atomic mass is 16.6. The fourth-order valence-corrected chi connectivity index (χ4v) is 2.12. The summed E-state index contributed by atoms with van der Waals surface area (Å²) in [6, 6.07) is 6.70. The van der Waals surface area contributed by atoms with Crippen molar-refractivity contribution in [3.05, 3.63) is 29.8 Å². The number of hydrogen-bond donors (Lipinski definition) is 2. The lowest BCUT2D eigenvalue weighted by Gasteiger charge is -2.21. The predicted molar refractivity (Wildman–Crippen MR) is 75.7 cm³/mol. The largest absolute Gasteiger partial charge is 0.497 e. The van der Waals surface area contributed by atoms with Crippen LogP contribution in [0.4, 0.5) is 4.79 Å². The van der Waals surface area contributed by atoms with Gasteiger partial charge < -0.3 is 20.5 Å². The van der Waals surface area contributed by atoms with Gasteiger partial charge in [-0.2, -0.15) is 0 Å². The first-order chi connectivity index (χ1) is 10.2. The van der Waals surface area contributed by atoms with E-state index >= 15 is 0 Å². The maximum atomic E-state index is 12.0. The smallest absolute Gasteiger partial charge is 0.410 e. The van der Waals surface area contributed by atoms with Crippen molar-refractivity contribution in [3.8, 4) is 5.75 Å². The highest BCUT2D eigenvalue weighted by molar-refractivity contribution is 5.87. The molecule has 0 aliphatic carbocycles. The van der Waals surface area contributed by atoms with Crippen molar-refractivity contribution < 1.29 is 19.1 Å². The van der Waals surface area contributed by atoms with Gasteiger partial charge in [-0.15, -0.1) is 0 Å². The molecular weight excluding hydrogens is 274 g/mol. The monoisotopic (exact) mass is 293 g/mol. The minimum absolute atomic E-state index is 0.0548. The SMILES string of the molecule is COc1cccc(CN2C(=O)OC[C@H]2C(=O)NCCN)c1. The number of rotatable bonds is 6. The molecule has 0 bridgehead atoms. The standard InChI is InChI=1S/C14H19N3O4/c1-20-11-4-2-3-10(7-11)8-17-12(9-21-14(17)19)13(18)16-6-5-15/h2-4,7,12H,5-6,8-9,15H2,1H3,(H,16,18)/t12-/m0/s1. The first kappa shape index (κ1) is 15.1. The Morgan fingerprint density at radius 3 is 3.10 bits per heavy atom. The van der Waals surface area contributed by atoms with Crippen LogP contribution in [-0.4, -0.2) is 49.7 Å². The first-order valence-electron chi connectivity index (χ1n) is 6.70. The van der Waals surface area contributed by atoms with Crippen molar-refractivity contribution in [2.45, 2.75) is 12.6 Å². The van der Waals surface area contributed by atoms with Crippen LogP contribution in [0.1, 0.15) is 5.56 Å². The van der Waals surface area contributed by atoms with Crippen molar-refractivity contribution in [2.75, 3.05) is 26.8 Å². The van der Waals surface area contributed by atoms with Gasteiger partial charge in [0.1, 0.15) is 18.4 Å². The van der Waals surface area contributed by atoms with Crippen molar-refractivity contribution in [2.24, 2.45) is 5.73 Å². The van der Waals surface area contributed by atoms with E-state index in [1.165, 1.54) is 4.90 Å². The zero-order valence-corrected chi connectivity index (χ0v) is 11.9. The Morgan fingerprint density at radius 2 is 2.38 bits per heavy atom. The Hall–Kier alpha value is -2.28. The molecule has 1 aromatic rings. The Kier molecular flexibility index (Phi) is 4.99. The van der Waals surface area contributed by atoms with E-state index in [0.717, 1.165) is 5.56 Å². The number of ether oxygens (including phenoxy) is 2.